The Morgan fingerprint density at radius 2 is 2.11 bits per heavy atom. The molecule has 0 aromatic carbocycles. The number of piperidine rings is 1. The maximum Gasteiger partial charge on any atom is 0.393 e. The van der Waals surface area contributed by atoms with Crippen molar-refractivity contribution >= 4 is 5.91 Å². The fourth-order valence-electron chi connectivity index (χ4n) is 2.12. The molecule has 104 valence electrons. The Labute approximate surface area is 107 Å². The van der Waals surface area contributed by atoms with Crippen LogP contribution in [0, 0.1) is 11.9 Å². The van der Waals surface area contributed by atoms with Crippen molar-refractivity contribution in [1.82, 2.24) is 9.88 Å². The zero-order chi connectivity index (χ0) is 14.0. The van der Waals surface area contributed by atoms with Crippen LogP contribution in [0.15, 0.2) is 18.2 Å². The monoisotopic (exact) mass is 276 g/mol. The highest BCUT2D eigenvalue weighted by atomic mass is 19.4. The molecule has 19 heavy (non-hydrogen) atoms. The summed E-state index contributed by atoms with van der Waals surface area (Å²) in [6.07, 6.45) is -4.01. The molecule has 0 saturated carbocycles. The van der Waals surface area contributed by atoms with E-state index in [1.54, 1.807) is 0 Å². The van der Waals surface area contributed by atoms with Crippen molar-refractivity contribution in [3.63, 3.8) is 0 Å². The number of likely N-dealkylation sites (tertiary alicyclic amines) is 1. The van der Waals surface area contributed by atoms with Crippen LogP contribution in [0.3, 0.4) is 0 Å². The predicted octanol–water partition coefficient (Wildman–Crippen LogP) is 2.64. The van der Waals surface area contributed by atoms with E-state index in [9.17, 15) is 22.4 Å². The van der Waals surface area contributed by atoms with Gasteiger partial charge >= 0.3 is 6.18 Å². The van der Waals surface area contributed by atoms with E-state index in [0.717, 1.165) is 11.0 Å². The first-order valence-corrected chi connectivity index (χ1v) is 5.86. The molecule has 1 saturated heterocycles. The first-order valence-electron chi connectivity index (χ1n) is 5.86. The van der Waals surface area contributed by atoms with Gasteiger partial charge in [0.1, 0.15) is 5.69 Å². The van der Waals surface area contributed by atoms with Gasteiger partial charge in [0.2, 0.25) is 5.95 Å². The number of nitrogens with zero attached hydrogens (tertiary/aromatic N) is 2. The van der Waals surface area contributed by atoms with E-state index in [4.69, 9.17) is 0 Å². The zero-order valence-corrected chi connectivity index (χ0v) is 9.95. The highest BCUT2D eigenvalue weighted by Gasteiger charge is 2.42. The molecule has 0 bridgehead atoms. The summed E-state index contributed by atoms with van der Waals surface area (Å²) < 4.78 is 50.8. The Hall–Kier alpha value is -1.66. The number of alkyl halides is 3. The lowest BCUT2D eigenvalue weighted by atomic mass is 9.97. The van der Waals surface area contributed by atoms with Gasteiger partial charge in [-0.3, -0.25) is 4.79 Å². The summed E-state index contributed by atoms with van der Waals surface area (Å²) in [6.45, 7) is -0.149. The molecule has 1 aliphatic rings. The summed E-state index contributed by atoms with van der Waals surface area (Å²) in [4.78, 5) is 16.4. The number of aromatic nitrogens is 1. The smallest absolute Gasteiger partial charge is 0.337 e. The molecule has 7 heteroatoms. The van der Waals surface area contributed by atoms with Gasteiger partial charge in [-0.2, -0.15) is 17.6 Å². The first-order chi connectivity index (χ1) is 8.88. The van der Waals surface area contributed by atoms with Crippen molar-refractivity contribution in [2.45, 2.75) is 19.0 Å². The van der Waals surface area contributed by atoms with Crippen LogP contribution in [-0.4, -0.2) is 35.1 Å². The molecule has 1 fully saturated rings. The molecule has 1 atom stereocenters. The number of hydrogen-bond donors (Lipinski definition) is 0. The molecule has 1 amide bonds. The van der Waals surface area contributed by atoms with Crippen molar-refractivity contribution in [2.24, 2.45) is 5.92 Å². The molecule has 0 aliphatic carbocycles. The van der Waals surface area contributed by atoms with Crippen LogP contribution in [0.25, 0.3) is 0 Å². The largest absolute Gasteiger partial charge is 0.393 e. The summed E-state index contributed by atoms with van der Waals surface area (Å²) >= 11 is 0. The number of halogens is 4. The molecule has 0 radical (unpaired) electrons. The van der Waals surface area contributed by atoms with Crippen LogP contribution < -0.4 is 0 Å². The average molecular weight is 276 g/mol. The number of pyridine rings is 1. The quantitative estimate of drug-likeness (QED) is 0.583. The minimum atomic E-state index is -4.31. The standard InChI is InChI=1S/C12H12F4N2O/c13-10-5-1-4-9(17-10)11(19)18-6-2-3-8(7-18)12(14,15)16/h1,4-5,8H,2-3,6-7H2. The Morgan fingerprint density at radius 3 is 2.74 bits per heavy atom. The van der Waals surface area contributed by atoms with E-state index in [0.29, 0.717) is 0 Å². The second-order valence-corrected chi connectivity index (χ2v) is 4.48. The van der Waals surface area contributed by atoms with Crippen molar-refractivity contribution in [1.29, 1.82) is 0 Å². The lowest BCUT2D eigenvalue weighted by Crippen LogP contribution is -2.44. The van der Waals surface area contributed by atoms with Gasteiger partial charge in [0.15, 0.2) is 0 Å². The molecule has 3 nitrogen and oxygen atoms in total. The van der Waals surface area contributed by atoms with Gasteiger partial charge in [0, 0.05) is 13.1 Å². The Morgan fingerprint density at radius 1 is 1.37 bits per heavy atom. The summed E-state index contributed by atoms with van der Waals surface area (Å²) in [7, 11) is 0. The maximum atomic E-state index is 12.9. The molecule has 2 rings (SSSR count). The van der Waals surface area contributed by atoms with Crippen LogP contribution in [0.5, 0.6) is 0 Å². The second-order valence-electron chi connectivity index (χ2n) is 4.48. The highest BCUT2D eigenvalue weighted by Crippen LogP contribution is 2.33. The molecular weight excluding hydrogens is 264 g/mol. The van der Waals surface area contributed by atoms with Gasteiger partial charge in [0.25, 0.3) is 5.91 Å². The third kappa shape index (κ3) is 3.21. The van der Waals surface area contributed by atoms with E-state index >= 15 is 0 Å². The highest BCUT2D eigenvalue weighted by molar-refractivity contribution is 5.92. The van der Waals surface area contributed by atoms with Gasteiger partial charge in [-0.15, -0.1) is 0 Å². The van der Waals surface area contributed by atoms with E-state index in [1.165, 1.54) is 12.1 Å². The maximum absolute atomic E-state index is 12.9. The van der Waals surface area contributed by atoms with E-state index in [2.05, 4.69) is 4.98 Å². The predicted molar refractivity (Wildman–Crippen MR) is 58.9 cm³/mol. The van der Waals surface area contributed by atoms with E-state index in [1.807, 2.05) is 0 Å². The fourth-order valence-corrected chi connectivity index (χ4v) is 2.12. The van der Waals surface area contributed by atoms with Crippen molar-refractivity contribution in [2.75, 3.05) is 13.1 Å². The molecule has 0 spiro atoms. The molecule has 1 unspecified atom stereocenters. The Bertz CT molecular complexity index is 475. The van der Waals surface area contributed by atoms with E-state index < -0.39 is 23.9 Å². The molecular formula is C12H12F4N2O. The summed E-state index contributed by atoms with van der Waals surface area (Å²) in [6, 6.07) is 3.68. The van der Waals surface area contributed by atoms with Crippen molar-refractivity contribution < 1.29 is 22.4 Å². The lowest BCUT2D eigenvalue weighted by molar-refractivity contribution is -0.184. The molecule has 1 aliphatic heterocycles. The number of carbonyl (C=O) groups excluding carboxylic acids is 1. The molecule has 2 heterocycles. The Kier molecular flexibility index (Phi) is 3.73. The second kappa shape index (κ2) is 5.14. The van der Waals surface area contributed by atoms with Crippen LogP contribution >= 0.6 is 0 Å². The van der Waals surface area contributed by atoms with Crippen molar-refractivity contribution in [3.05, 3.63) is 29.8 Å². The number of carbonyl (C=O) groups is 1. The van der Waals surface area contributed by atoms with Gasteiger partial charge < -0.3 is 4.90 Å². The SMILES string of the molecule is O=C(c1cccc(F)n1)N1CCCC(C(F)(F)F)C1. The molecule has 1 aromatic heterocycles. The first kappa shape index (κ1) is 13.8. The van der Waals surface area contributed by atoms with Crippen LogP contribution in [-0.2, 0) is 0 Å². The lowest BCUT2D eigenvalue weighted by Gasteiger charge is -2.33. The summed E-state index contributed by atoms with van der Waals surface area (Å²) in [5.74, 6) is -3.00. The van der Waals surface area contributed by atoms with Gasteiger partial charge in [-0.05, 0) is 25.0 Å². The van der Waals surface area contributed by atoms with Crippen LogP contribution in [0.1, 0.15) is 23.3 Å². The average Bonchev–Trinajstić information content (AvgIpc) is 2.37. The van der Waals surface area contributed by atoms with Gasteiger partial charge in [-0.25, -0.2) is 4.98 Å². The topological polar surface area (TPSA) is 33.2 Å². The van der Waals surface area contributed by atoms with Crippen molar-refractivity contribution in [3.8, 4) is 0 Å². The minimum absolute atomic E-state index is 0.0177. The van der Waals surface area contributed by atoms with Crippen LogP contribution in [0.2, 0.25) is 0 Å². The number of amides is 1. The fraction of sp³-hybridized carbons (Fsp3) is 0.500. The number of hydrogen-bond acceptors (Lipinski definition) is 2. The molecule has 0 N–H and O–H groups in total. The third-order valence-corrected chi connectivity index (χ3v) is 3.11. The summed E-state index contributed by atoms with van der Waals surface area (Å²) in [5.41, 5.74) is -0.164. The number of rotatable bonds is 1. The van der Waals surface area contributed by atoms with E-state index in [-0.39, 0.29) is 31.6 Å². The third-order valence-electron chi connectivity index (χ3n) is 3.11. The molecule has 1 aromatic rings. The normalized spacial score (nSPS) is 20.4. The minimum Gasteiger partial charge on any atom is -0.337 e. The Balaban J connectivity index is 2.11. The zero-order valence-electron chi connectivity index (χ0n) is 9.95. The van der Waals surface area contributed by atoms with Gasteiger partial charge in [-0.1, -0.05) is 6.07 Å². The summed E-state index contributed by atoms with van der Waals surface area (Å²) in [5, 5.41) is 0. The van der Waals surface area contributed by atoms with Crippen LogP contribution in [0.4, 0.5) is 17.6 Å². The van der Waals surface area contributed by atoms with Gasteiger partial charge in [0.05, 0.1) is 5.92 Å².